The quantitative estimate of drug-likeness (QED) is 0.801. The lowest BCUT2D eigenvalue weighted by molar-refractivity contribution is -0.121. The summed E-state index contributed by atoms with van der Waals surface area (Å²) < 4.78 is 0. The summed E-state index contributed by atoms with van der Waals surface area (Å²) in [6, 6.07) is 3.29. The SMILES string of the molecule is CC1C(=O)NC2=Nc3ccc(Cl)c(Cl)c3CN21.Cl. The predicted octanol–water partition coefficient (Wildman–Crippen LogP) is 2.74. The van der Waals surface area contributed by atoms with E-state index in [1.807, 2.05) is 17.9 Å². The standard InChI is InChI=1S/C11H9Cl2N3O.ClH/c1-5-10(17)15-11-14-8-3-2-7(12)9(13)6(8)4-16(5)11;/h2-3,5H,4H2,1H3,(H,14,15,17);1H. The second kappa shape index (κ2) is 4.61. The van der Waals surface area contributed by atoms with Crippen molar-refractivity contribution in [2.24, 2.45) is 4.99 Å². The van der Waals surface area contributed by atoms with Crippen LogP contribution in [0.1, 0.15) is 12.5 Å². The monoisotopic (exact) mass is 305 g/mol. The molecule has 18 heavy (non-hydrogen) atoms. The van der Waals surface area contributed by atoms with Crippen molar-refractivity contribution < 1.29 is 4.79 Å². The molecule has 2 aliphatic rings. The number of nitrogens with zero attached hydrogens (tertiary/aromatic N) is 2. The molecule has 1 N–H and O–H groups in total. The molecule has 1 aromatic carbocycles. The van der Waals surface area contributed by atoms with Gasteiger partial charge in [0.15, 0.2) is 0 Å². The molecule has 96 valence electrons. The highest BCUT2D eigenvalue weighted by molar-refractivity contribution is 6.42. The molecule has 1 unspecified atom stereocenters. The van der Waals surface area contributed by atoms with Crippen LogP contribution < -0.4 is 5.32 Å². The maximum absolute atomic E-state index is 11.6. The molecule has 1 aromatic rings. The van der Waals surface area contributed by atoms with Crippen molar-refractivity contribution in [1.29, 1.82) is 0 Å². The molecule has 1 atom stereocenters. The van der Waals surface area contributed by atoms with Gasteiger partial charge in [-0.1, -0.05) is 23.2 Å². The normalized spacial score (nSPS) is 20.6. The molecule has 1 fully saturated rings. The molecule has 0 aliphatic carbocycles. The van der Waals surface area contributed by atoms with E-state index in [-0.39, 0.29) is 24.4 Å². The van der Waals surface area contributed by atoms with Crippen LogP contribution in [0.3, 0.4) is 0 Å². The molecule has 2 heterocycles. The Morgan fingerprint density at radius 1 is 1.44 bits per heavy atom. The van der Waals surface area contributed by atoms with Crippen molar-refractivity contribution in [3.63, 3.8) is 0 Å². The van der Waals surface area contributed by atoms with Gasteiger partial charge < -0.3 is 4.90 Å². The molecule has 2 aliphatic heterocycles. The Kier molecular flexibility index (Phi) is 3.45. The molecule has 0 bridgehead atoms. The lowest BCUT2D eigenvalue weighted by Gasteiger charge is -2.26. The van der Waals surface area contributed by atoms with Crippen LogP contribution >= 0.6 is 35.6 Å². The van der Waals surface area contributed by atoms with E-state index in [9.17, 15) is 4.79 Å². The average molecular weight is 307 g/mol. The molecule has 1 amide bonds. The van der Waals surface area contributed by atoms with Crippen LogP contribution in [0.5, 0.6) is 0 Å². The maximum atomic E-state index is 11.6. The zero-order valence-electron chi connectivity index (χ0n) is 9.41. The minimum absolute atomic E-state index is 0. The lowest BCUT2D eigenvalue weighted by Crippen LogP contribution is -2.35. The number of aliphatic imine (C=N–C) groups is 1. The third kappa shape index (κ3) is 1.85. The van der Waals surface area contributed by atoms with Crippen LogP contribution in [-0.2, 0) is 11.3 Å². The van der Waals surface area contributed by atoms with Gasteiger partial charge in [-0.3, -0.25) is 10.1 Å². The number of hydrogen-bond acceptors (Lipinski definition) is 3. The van der Waals surface area contributed by atoms with E-state index in [2.05, 4.69) is 10.3 Å². The molecule has 4 nitrogen and oxygen atoms in total. The number of amides is 1. The van der Waals surface area contributed by atoms with Crippen LogP contribution in [0.4, 0.5) is 5.69 Å². The molecule has 7 heteroatoms. The molecular weight excluding hydrogens is 296 g/mol. The Balaban J connectivity index is 0.00000120. The fourth-order valence-electron chi connectivity index (χ4n) is 2.04. The average Bonchev–Trinajstić information content (AvgIpc) is 2.58. The van der Waals surface area contributed by atoms with E-state index in [4.69, 9.17) is 23.2 Å². The second-order valence-corrected chi connectivity index (χ2v) is 4.87. The molecule has 0 saturated carbocycles. The summed E-state index contributed by atoms with van der Waals surface area (Å²) in [5, 5.41) is 3.76. The van der Waals surface area contributed by atoms with E-state index < -0.39 is 0 Å². The van der Waals surface area contributed by atoms with Gasteiger partial charge in [0.25, 0.3) is 0 Å². The summed E-state index contributed by atoms with van der Waals surface area (Å²) in [5.74, 6) is 0.548. The summed E-state index contributed by atoms with van der Waals surface area (Å²) in [4.78, 5) is 17.8. The van der Waals surface area contributed by atoms with Gasteiger partial charge in [0, 0.05) is 5.56 Å². The highest BCUT2D eigenvalue weighted by atomic mass is 35.5. The Hall–Kier alpha value is -0.970. The van der Waals surface area contributed by atoms with Gasteiger partial charge in [0.2, 0.25) is 11.9 Å². The number of halogens is 3. The highest BCUT2D eigenvalue weighted by Crippen LogP contribution is 2.37. The first kappa shape index (κ1) is 13.5. The van der Waals surface area contributed by atoms with E-state index in [1.165, 1.54) is 0 Å². The molecule has 0 spiro atoms. The van der Waals surface area contributed by atoms with Crippen LogP contribution in [0.15, 0.2) is 17.1 Å². The zero-order chi connectivity index (χ0) is 12.2. The predicted molar refractivity (Wildman–Crippen MR) is 74.0 cm³/mol. The lowest BCUT2D eigenvalue weighted by atomic mass is 10.1. The molecule has 1 saturated heterocycles. The van der Waals surface area contributed by atoms with Crippen molar-refractivity contribution in [3.05, 3.63) is 27.7 Å². The number of benzene rings is 1. The van der Waals surface area contributed by atoms with Gasteiger partial charge >= 0.3 is 0 Å². The summed E-state index contributed by atoms with van der Waals surface area (Å²) in [5.41, 5.74) is 1.63. The zero-order valence-corrected chi connectivity index (χ0v) is 11.7. The first-order valence-electron chi connectivity index (χ1n) is 5.21. The number of guanidine groups is 1. The Morgan fingerprint density at radius 3 is 2.89 bits per heavy atom. The first-order chi connectivity index (χ1) is 8.08. The molecule has 3 rings (SSSR count). The summed E-state index contributed by atoms with van der Waals surface area (Å²) in [6.07, 6.45) is 0. The minimum atomic E-state index is -0.225. The number of carbonyl (C=O) groups excluding carboxylic acids is 1. The van der Waals surface area contributed by atoms with Crippen molar-refractivity contribution in [2.75, 3.05) is 0 Å². The Labute approximate surface area is 120 Å². The summed E-state index contributed by atoms with van der Waals surface area (Å²) >= 11 is 12.1. The van der Waals surface area contributed by atoms with Gasteiger partial charge in [0.05, 0.1) is 22.3 Å². The van der Waals surface area contributed by atoms with Crippen molar-refractivity contribution >= 4 is 53.2 Å². The number of carbonyl (C=O) groups is 1. The third-order valence-electron chi connectivity index (χ3n) is 3.08. The molecular formula is C11H10Cl3N3O. The maximum Gasteiger partial charge on any atom is 0.249 e. The van der Waals surface area contributed by atoms with Crippen molar-refractivity contribution in [3.8, 4) is 0 Å². The van der Waals surface area contributed by atoms with E-state index >= 15 is 0 Å². The smallest absolute Gasteiger partial charge is 0.249 e. The number of fused-ring (bicyclic) bond motifs is 2. The minimum Gasteiger partial charge on any atom is -0.326 e. The van der Waals surface area contributed by atoms with Crippen LogP contribution in [-0.4, -0.2) is 22.8 Å². The van der Waals surface area contributed by atoms with Crippen LogP contribution in [0.2, 0.25) is 10.0 Å². The van der Waals surface area contributed by atoms with E-state index in [0.717, 1.165) is 11.3 Å². The largest absolute Gasteiger partial charge is 0.326 e. The van der Waals surface area contributed by atoms with Crippen LogP contribution in [0.25, 0.3) is 0 Å². The van der Waals surface area contributed by atoms with E-state index in [1.54, 1.807) is 6.07 Å². The van der Waals surface area contributed by atoms with Gasteiger partial charge in [0.1, 0.15) is 6.04 Å². The fraction of sp³-hybridized carbons (Fsp3) is 0.273. The fourth-order valence-corrected chi connectivity index (χ4v) is 2.43. The van der Waals surface area contributed by atoms with Gasteiger partial charge in [-0.25, -0.2) is 4.99 Å². The second-order valence-electron chi connectivity index (χ2n) is 4.09. The van der Waals surface area contributed by atoms with E-state index in [0.29, 0.717) is 22.5 Å². The summed E-state index contributed by atoms with van der Waals surface area (Å²) in [6.45, 7) is 2.38. The first-order valence-corrected chi connectivity index (χ1v) is 5.96. The number of rotatable bonds is 0. The topological polar surface area (TPSA) is 44.7 Å². The van der Waals surface area contributed by atoms with Crippen molar-refractivity contribution in [2.45, 2.75) is 19.5 Å². The van der Waals surface area contributed by atoms with Crippen molar-refractivity contribution in [1.82, 2.24) is 10.2 Å². The summed E-state index contributed by atoms with van der Waals surface area (Å²) in [7, 11) is 0. The third-order valence-corrected chi connectivity index (χ3v) is 3.92. The molecule has 0 radical (unpaired) electrons. The Bertz CT molecular complexity index is 559. The van der Waals surface area contributed by atoms with Crippen LogP contribution in [0, 0.1) is 0 Å². The number of nitrogens with one attached hydrogen (secondary N) is 1. The number of hydrogen-bond donors (Lipinski definition) is 1. The van der Waals surface area contributed by atoms with Gasteiger partial charge in [-0.15, -0.1) is 12.4 Å². The van der Waals surface area contributed by atoms with Gasteiger partial charge in [-0.2, -0.15) is 0 Å². The highest BCUT2D eigenvalue weighted by Gasteiger charge is 2.36. The Morgan fingerprint density at radius 2 is 2.17 bits per heavy atom. The van der Waals surface area contributed by atoms with Gasteiger partial charge in [-0.05, 0) is 19.1 Å². The molecule has 0 aromatic heterocycles.